The normalized spacial score (nSPS) is 10.8. The predicted molar refractivity (Wildman–Crippen MR) is 80.1 cm³/mol. The van der Waals surface area contributed by atoms with E-state index < -0.39 is 0 Å². The van der Waals surface area contributed by atoms with Crippen molar-refractivity contribution >= 4 is 0 Å². The molecule has 0 unspecified atom stereocenters. The molecule has 0 fully saturated rings. The standard InChI is InChI=1S/C15H19N3O3/c16-7-1-8-18-14(20)6-9-17(15(18)21)10-12-2-4-13(11-19)5-3-12/h2-6,9,19H,1,7-8,10-11,16H2. The van der Waals surface area contributed by atoms with E-state index >= 15 is 0 Å². The molecule has 0 amide bonds. The van der Waals surface area contributed by atoms with Gasteiger partial charge in [0.25, 0.3) is 5.56 Å². The van der Waals surface area contributed by atoms with Crippen LogP contribution >= 0.6 is 0 Å². The maximum Gasteiger partial charge on any atom is 0.331 e. The Morgan fingerprint density at radius 1 is 1.05 bits per heavy atom. The molecule has 1 heterocycles. The van der Waals surface area contributed by atoms with E-state index in [2.05, 4.69) is 0 Å². The maximum atomic E-state index is 12.3. The van der Waals surface area contributed by atoms with Gasteiger partial charge in [-0.15, -0.1) is 0 Å². The first-order valence-electron chi connectivity index (χ1n) is 6.84. The van der Waals surface area contributed by atoms with E-state index in [1.54, 1.807) is 0 Å². The summed E-state index contributed by atoms with van der Waals surface area (Å²) in [5, 5.41) is 9.01. The lowest BCUT2D eigenvalue weighted by atomic mass is 10.1. The third-order valence-corrected chi connectivity index (χ3v) is 3.28. The summed E-state index contributed by atoms with van der Waals surface area (Å²) >= 11 is 0. The number of benzene rings is 1. The highest BCUT2D eigenvalue weighted by Gasteiger charge is 2.05. The molecule has 6 nitrogen and oxygen atoms in total. The third-order valence-electron chi connectivity index (χ3n) is 3.28. The van der Waals surface area contributed by atoms with E-state index in [9.17, 15) is 9.59 Å². The molecule has 0 radical (unpaired) electrons. The van der Waals surface area contributed by atoms with Gasteiger partial charge in [0.15, 0.2) is 0 Å². The summed E-state index contributed by atoms with van der Waals surface area (Å²) in [7, 11) is 0. The minimum Gasteiger partial charge on any atom is -0.392 e. The Morgan fingerprint density at radius 3 is 2.33 bits per heavy atom. The van der Waals surface area contributed by atoms with Gasteiger partial charge in [0.2, 0.25) is 0 Å². The number of nitrogens with two attached hydrogens (primary N) is 1. The molecule has 2 rings (SSSR count). The van der Waals surface area contributed by atoms with Gasteiger partial charge < -0.3 is 10.8 Å². The molecule has 1 aromatic heterocycles. The number of hydrogen-bond donors (Lipinski definition) is 2. The predicted octanol–water partition coefficient (Wildman–Crippen LogP) is -0.101. The molecule has 2 aromatic rings. The lowest BCUT2D eigenvalue weighted by Gasteiger charge is -2.10. The van der Waals surface area contributed by atoms with Crippen LogP contribution in [0.25, 0.3) is 0 Å². The zero-order chi connectivity index (χ0) is 15.2. The Kier molecular flexibility index (Phi) is 5.08. The van der Waals surface area contributed by atoms with Gasteiger partial charge in [0.05, 0.1) is 13.2 Å². The molecule has 0 aliphatic rings. The van der Waals surface area contributed by atoms with Crippen LogP contribution in [-0.2, 0) is 19.7 Å². The second kappa shape index (κ2) is 7.01. The van der Waals surface area contributed by atoms with Crippen molar-refractivity contribution in [3.8, 4) is 0 Å². The van der Waals surface area contributed by atoms with E-state index in [0.717, 1.165) is 11.1 Å². The molecule has 0 saturated heterocycles. The minimum atomic E-state index is -0.331. The second-order valence-corrected chi connectivity index (χ2v) is 4.83. The van der Waals surface area contributed by atoms with Gasteiger partial charge >= 0.3 is 5.69 Å². The van der Waals surface area contributed by atoms with E-state index in [1.807, 2.05) is 24.3 Å². The average molecular weight is 289 g/mol. The quantitative estimate of drug-likeness (QED) is 0.777. The summed E-state index contributed by atoms with van der Waals surface area (Å²) in [4.78, 5) is 24.0. The highest BCUT2D eigenvalue weighted by Crippen LogP contribution is 2.05. The number of aliphatic hydroxyl groups excluding tert-OH is 1. The molecule has 21 heavy (non-hydrogen) atoms. The lowest BCUT2D eigenvalue weighted by Crippen LogP contribution is -2.39. The van der Waals surface area contributed by atoms with Crippen molar-refractivity contribution in [2.75, 3.05) is 6.54 Å². The van der Waals surface area contributed by atoms with Crippen LogP contribution in [0, 0.1) is 0 Å². The molecular formula is C15H19N3O3. The summed E-state index contributed by atoms with van der Waals surface area (Å²) < 4.78 is 2.70. The number of aliphatic hydroxyl groups is 1. The first-order valence-corrected chi connectivity index (χ1v) is 6.84. The van der Waals surface area contributed by atoms with Crippen molar-refractivity contribution in [1.82, 2.24) is 9.13 Å². The van der Waals surface area contributed by atoms with Crippen LogP contribution in [-0.4, -0.2) is 20.8 Å². The minimum absolute atomic E-state index is 0.00973. The van der Waals surface area contributed by atoms with Crippen molar-refractivity contribution in [2.45, 2.75) is 26.1 Å². The van der Waals surface area contributed by atoms with Gasteiger partial charge in [0.1, 0.15) is 0 Å². The molecular weight excluding hydrogens is 270 g/mol. The third kappa shape index (κ3) is 3.68. The topological polar surface area (TPSA) is 90.2 Å². The van der Waals surface area contributed by atoms with Crippen LogP contribution in [0.15, 0.2) is 46.1 Å². The number of aromatic nitrogens is 2. The molecule has 3 N–H and O–H groups in total. The Balaban J connectivity index is 2.27. The van der Waals surface area contributed by atoms with Crippen LogP contribution in [0.5, 0.6) is 0 Å². The van der Waals surface area contributed by atoms with E-state index in [4.69, 9.17) is 10.8 Å². The maximum absolute atomic E-state index is 12.3. The van der Waals surface area contributed by atoms with E-state index in [1.165, 1.54) is 21.4 Å². The molecule has 1 aromatic carbocycles. The molecule has 112 valence electrons. The fourth-order valence-electron chi connectivity index (χ4n) is 2.08. The Labute approximate surface area is 122 Å². The largest absolute Gasteiger partial charge is 0.392 e. The number of nitrogens with zero attached hydrogens (tertiary/aromatic N) is 2. The molecule has 6 heteroatoms. The first kappa shape index (κ1) is 15.2. The fourth-order valence-corrected chi connectivity index (χ4v) is 2.08. The van der Waals surface area contributed by atoms with Crippen LogP contribution in [0.2, 0.25) is 0 Å². The van der Waals surface area contributed by atoms with Gasteiger partial charge in [-0.05, 0) is 24.1 Å². The summed E-state index contributed by atoms with van der Waals surface area (Å²) in [6.45, 7) is 1.14. The number of rotatable bonds is 6. The van der Waals surface area contributed by atoms with Crippen molar-refractivity contribution in [1.29, 1.82) is 0 Å². The Morgan fingerprint density at radius 2 is 1.71 bits per heavy atom. The lowest BCUT2D eigenvalue weighted by molar-refractivity contribution is 0.282. The van der Waals surface area contributed by atoms with Crippen molar-refractivity contribution in [2.24, 2.45) is 5.73 Å². The van der Waals surface area contributed by atoms with E-state index in [-0.39, 0.29) is 17.9 Å². The number of hydrogen-bond acceptors (Lipinski definition) is 4. The van der Waals surface area contributed by atoms with Crippen LogP contribution in [0.3, 0.4) is 0 Å². The van der Waals surface area contributed by atoms with Crippen molar-refractivity contribution < 1.29 is 5.11 Å². The zero-order valence-corrected chi connectivity index (χ0v) is 11.7. The van der Waals surface area contributed by atoms with Crippen LogP contribution in [0.1, 0.15) is 17.5 Å². The first-order chi connectivity index (χ1) is 10.2. The molecule has 0 spiro atoms. The van der Waals surface area contributed by atoms with Gasteiger partial charge in [-0.1, -0.05) is 24.3 Å². The van der Waals surface area contributed by atoms with Gasteiger partial charge in [-0.2, -0.15) is 0 Å². The second-order valence-electron chi connectivity index (χ2n) is 4.83. The molecule has 0 aliphatic carbocycles. The SMILES string of the molecule is NCCCn1c(=O)ccn(Cc2ccc(CO)cc2)c1=O. The molecule has 0 bridgehead atoms. The van der Waals surface area contributed by atoms with Gasteiger partial charge in [-0.3, -0.25) is 13.9 Å². The van der Waals surface area contributed by atoms with Crippen molar-refractivity contribution in [3.05, 3.63) is 68.5 Å². The van der Waals surface area contributed by atoms with Gasteiger partial charge in [0, 0.05) is 18.8 Å². The molecule has 0 saturated carbocycles. The summed E-state index contributed by atoms with van der Waals surface area (Å²) in [5.74, 6) is 0. The zero-order valence-electron chi connectivity index (χ0n) is 11.7. The highest BCUT2D eigenvalue weighted by molar-refractivity contribution is 5.22. The summed E-state index contributed by atoms with van der Waals surface area (Å²) in [6, 6.07) is 8.72. The fraction of sp³-hybridized carbons (Fsp3) is 0.333. The molecule has 0 atom stereocenters. The monoisotopic (exact) mass is 289 g/mol. The Hall–Kier alpha value is -2.18. The average Bonchev–Trinajstić information content (AvgIpc) is 2.51. The summed E-state index contributed by atoms with van der Waals surface area (Å²) in [5.41, 5.74) is 6.53. The van der Waals surface area contributed by atoms with E-state index in [0.29, 0.717) is 26.1 Å². The smallest absolute Gasteiger partial charge is 0.331 e. The van der Waals surface area contributed by atoms with Gasteiger partial charge in [-0.25, -0.2) is 4.79 Å². The van der Waals surface area contributed by atoms with Crippen molar-refractivity contribution in [3.63, 3.8) is 0 Å². The highest BCUT2D eigenvalue weighted by atomic mass is 16.3. The van der Waals surface area contributed by atoms with Crippen LogP contribution < -0.4 is 17.0 Å². The molecule has 0 aliphatic heterocycles. The summed E-state index contributed by atoms with van der Waals surface area (Å²) in [6.07, 6.45) is 2.09. The van der Waals surface area contributed by atoms with Crippen LogP contribution in [0.4, 0.5) is 0 Å². The Bertz CT molecular complexity index is 701.